The number of aromatic amines is 1. The molecule has 4 amide bonds. The van der Waals surface area contributed by atoms with Gasteiger partial charge in [-0.1, -0.05) is 6.92 Å². The third kappa shape index (κ3) is 3.68. The first-order chi connectivity index (χ1) is 15.4. The standard InChI is InChI=1S/C20H23N9O3/c1-11-4-8-28(20(32)24-7-5-21)10-14(11)29-15-12-3-6-23-16(12)25-9-13(15)17(27-29)26-19(31)18(30)22-2/h3,6,9,11,14,27H,4,7-8,10H2,1-2H3,(H,22,30)(H,24,32)(H,26,31)/t11-,14+/m1/s1. The largest absolute Gasteiger partial charge is 0.351 e. The van der Waals surface area contributed by atoms with Crippen molar-refractivity contribution in [3.63, 3.8) is 0 Å². The molecule has 4 rings (SSSR count). The maximum absolute atomic E-state index is 12.5. The summed E-state index contributed by atoms with van der Waals surface area (Å²) in [7, 11) is 1.38. The number of hydrogen-bond donors (Lipinski definition) is 4. The van der Waals surface area contributed by atoms with Crippen molar-refractivity contribution in [3.05, 3.63) is 18.5 Å². The van der Waals surface area contributed by atoms with Gasteiger partial charge in [0.05, 0.1) is 23.0 Å². The Morgan fingerprint density at radius 2 is 2.09 bits per heavy atom. The van der Waals surface area contributed by atoms with E-state index >= 15 is 0 Å². The van der Waals surface area contributed by atoms with Crippen LogP contribution in [0.3, 0.4) is 0 Å². The third-order valence-electron chi connectivity index (χ3n) is 5.78. The van der Waals surface area contributed by atoms with Gasteiger partial charge >= 0.3 is 17.8 Å². The Hall–Kier alpha value is -4.14. The second-order valence-electron chi connectivity index (χ2n) is 7.69. The van der Waals surface area contributed by atoms with E-state index in [4.69, 9.17) is 5.26 Å². The fourth-order valence-electron chi connectivity index (χ4n) is 4.05. The maximum atomic E-state index is 12.5. The van der Waals surface area contributed by atoms with Crippen LogP contribution in [0.1, 0.15) is 19.4 Å². The van der Waals surface area contributed by atoms with Gasteiger partial charge in [-0.05, 0) is 18.4 Å². The molecule has 1 aliphatic rings. The lowest BCUT2D eigenvalue weighted by molar-refractivity contribution is -0.135. The zero-order valence-electron chi connectivity index (χ0n) is 17.7. The fraction of sp³-hybridized carbons (Fsp3) is 0.400. The van der Waals surface area contributed by atoms with Crippen LogP contribution in [0.2, 0.25) is 0 Å². The van der Waals surface area contributed by atoms with Crippen LogP contribution in [0.4, 0.5) is 10.6 Å². The molecule has 3 aromatic heterocycles. The number of piperidine rings is 1. The average molecular weight is 437 g/mol. The summed E-state index contributed by atoms with van der Waals surface area (Å²) in [4.78, 5) is 46.7. The molecule has 2 atom stereocenters. The molecule has 12 nitrogen and oxygen atoms in total. The number of amides is 4. The molecule has 1 saturated heterocycles. The lowest BCUT2D eigenvalue weighted by atomic mass is 9.93. The highest BCUT2D eigenvalue weighted by molar-refractivity contribution is 6.40. The number of rotatable bonds is 3. The topological polar surface area (TPSA) is 161 Å². The van der Waals surface area contributed by atoms with E-state index in [-0.39, 0.29) is 24.5 Å². The summed E-state index contributed by atoms with van der Waals surface area (Å²) in [6, 6.07) is 3.30. The summed E-state index contributed by atoms with van der Waals surface area (Å²) >= 11 is 0. The van der Waals surface area contributed by atoms with Crippen LogP contribution in [0.15, 0.2) is 18.5 Å². The number of pyridine rings is 1. The number of aromatic nitrogens is 4. The summed E-state index contributed by atoms with van der Waals surface area (Å²) < 4.78 is 1.91. The Bertz CT molecular complexity index is 1240. The number of carbonyl (C=O) groups is 3. The van der Waals surface area contributed by atoms with Gasteiger partial charge in [0.15, 0.2) is 5.65 Å². The second kappa shape index (κ2) is 8.54. The number of carbonyl (C=O) groups excluding carboxylic acids is 3. The van der Waals surface area contributed by atoms with E-state index in [1.54, 1.807) is 17.3 Å². The Kier molecular flexibility index (Phi) is 5.63. The van der Waals surface area contributed by atoms with Crippen LogP contribution in [0, 0.1) is 17.2 Å². The highest BCUT2D eigenvalue weighted by atomic mass is 16.2. The van der Waals surface area contributed by atoms with Crippen molar-refractivity contribution < 1.29 is 14.4 Å². The van der Waals surface area contributed by atoms with Gasteiger partial charge in [0.1, 0.15) is 12.4 Å². The van der Waals surface area contributed by atoms with Gasteiger partial charge in [0.25, 0.3) is 0 Å². The predicted octanol–water partition coefficient (Wildman–Crippen LogP) is 0.713. The average Bonchev–Trinajstić information content (AvgIpc) is 3.41. The summed E-state index contributed by atoms with van der Waals surface area (Å²) in [6.07, 6.45) is 4.01. The molecular formula is C20H23N9O3. The molecule has 0 radical (unpaired) electrons. The van der Waals surface area contributed by atoms with Crippen molar-refractivity contribution >= 4 is 45.6 Å². The maximum Gasteiger partial charge on any atom is 0.318 e. The van der Waals surface area contributed by atoms with Gasteiger partial charge < -0.3 is 20.9 Å². The molecule has 0 unspecified atom stereocenters. The molecule has 4 N–H and O–H groups in total. The lowest BCUT2D eigenvalue weighted by Crippen LogP contribution is -2.48. The minimum Gasteiger partial charge on any atom is -0.351 e. The van der Waals surface area contributed by atoms with Crippen LogP contribution in [0.5, 0.6) is 0 Å². The molecule has 0 aromatic carbocycles. The zero-order valence-corrected chi connectivity index (χ0v) is 17.7. The highest BCUT2D eigenvalue weighted by Crippen LogP contribution is 2.35. The van der Waals surface area contributed by atoms with Crippen LogP contribution in [0.25, 0.3) is 21.9 Å². The second-order valence-corrected chi connectivity index (χ2v) is 7.69. The molecular weight excluding hydrogens is 414 g/mol. The Morgan fingerprint density at radius 3 is 2.84 bits per heavy atom. The number of H-pyrrole nitrogens is 1. The number of nitriles is 1. The Labute approximate surface area is 182 Å². The molecule has 0 bridgehead atoms. The molecule has 32 heavy (non-hydrogen) atoms. The van der Waals surface area contributed by atoms with Gasteiger partial charge in [0.2, 0.25) is 0 Å². The van der Waals surface area contributed by atoms with Gasteiger partial charge in [0, 0.05) is 37.9 Å². The summed E-state index contributed by atoms with van der Waals surface area (Å²) in [6.45, 7) is 3.01. The van der Waals surface area contributed by atoms with E-state index in [9.17, 15) is 14.4 Å². The number of likely N-dealkylation sites (N-methyl/N-ethyl adjacent to an activating group) is 1. The Morgan fingerprint density at radius 1 is 1.28 bits per heavy atom. The first-order valence-corrected chi connectivity index (χ1v) is 10.2. The predicted molar refractivity (Wildman–Crippen MR) is 115 cm³/mol. The Balaban J connectivity index is 1.77. The van der Waals surface area contributed by atoms with Crippen molar-refractivity contribution in [2.24, 2.45) is 5.92 Å². The third-order valence-corrected chi connectivity index (χ3v) is 5.78. The minimum absolute atomic E-state index is 0.0602. The molecule has 0 aliphatic carbocycles. The molecule has 0 spiro atoms. The monoisotopic (exact) mass is 437 g/mol. The highest BCUT2D eigenvalue weighted by Gasteiger charge is 2.32. The van der Waals surface area contributed by atoms with E-state index < -0.39 is 11.8 Å². The molecule has 166 valence electrons. The molecule has 4 heterocycles. The van der Waals surface area contributed by atoms with E-state index in [0.717, 1.165) is 17.3 Å². The molecule has 0 saturated carbocycles. The van der Waals surface area contributed by atoms with Crippen molar-refractivity contribution in [1.29, 1.82) is 5.26 Å². The molecule has 3 aromatic rings. The van der Waals surface area contributed by atoms with Crippen molar-refractivity contribution in [2.45, 2.75) is 19.4 Å². The number of hydrogen-bond acceptors (Lipinski definition) is 6. The molecule has 12 heteroatoms. The minimum atomic E-state index is -0.808. The number of urea groups is 1. The molecule has 1 fully saturated rings. The van der Waals surface area contributed by atoms with E-state index in [1.807, 2.05) is 16.8 Å². The number of fused-ring (bicyclic) bond motifs is 3. The summed E-state index contributed by atoms with van der Waals surface area (Å²) in [5, 5.41) is 20.9. The normalized spacial score (nSPS) is 18.3. The first-order valence-electron chi connectivity index (χ1n) is 10.2. The molecule has 1 aliphatic heterocycles. The van der Waals surface area contributed by atoms with Gasteiger partial charge in [-0.3, -0.25) is 19.4 Å². The smallest absolute Gasteiger partial charge is 0.318 e. The summed E-state index contributed by atoms with van der Waals surface area (Å²) in [5.74, 6) is -1.04. The van der Waals surface area contributed by atoms with Crippen LogP contribution >= 0.6 is 0 Å². The first kappa shape index (κ1) is 21.1. The SMILES string of the molecule is CNC(=O)C(=O)Nc1[nH]n([C@H]2CN(C(=O)NCC#N)CC[C@H]2C)c2c1cnc1nccc12. The number of nitrogens with one attached hydrogen (secondary N) is 4. The van der Waals surface area contributed by atoms with Crippen molar-refractivity contribution in [3.8, 4) is 6.07 Å². The van der Waals surface area contributed by atoms with Gasteiger partial charge in [-0.15, -0.1) is 0 Å². The lowest BCUT2D eigenvalue weighted by Gasteiger charge is -2.37. The van der Waals surface area contributed by atoms with Crippen LogP contribution in [-0.4, -0.2) is 69.2 Å². The van der Waals surface area contributed by atoms with Crippen molar-refractivity contribution in [2.75, 3.05) is 32.0 Å². The van der Waals surface area contributed by atoms with E-state index in [1.165, 1.54) is 7.05 Å². The number of anilines is 1. The van der Waals surface area contributed by atoms with Crippen LogP contribution < -0.4 is 16.0 Å². The van der Waals surface area contributed by atoms with Gasteiger partial charge in [-0.25, -0.2) is 14.8 Å². The number of likely N-dealkylation sites (tertiary alicyclic amines) is 1. The van der Waals surface area contributed by atoms with E-state index in [0.29, 0.717) is 29.9 Å². The number of nitrogens with zero attached hydrogens (tertiary/aromatic N) is 5. The van der Waals surface area contributed by atoms with Crippen molar-refractivity contribution in [1.82, 2.24) is 35.3 Å². The zero-order chi connectivity index (χ0) is 22.8. The fourth-order valence-corrected chi connectivity index (χ4v) is 4.05. The summed E-state index contributed by atoms with van der Waals surface area (Å²) in [5.41, 5.74) is 1.33. The van der Waals surface area contributed by atoms with Crippen LogP contribution in [-0.2, 0) is 9.59 Å². The quantitative estimate of drug-likeness (QED) is 0.349. The van der Waals surface area contributed by atoms with E-state index in [2.05, 4.69) is 37.9 Å². The van der Waals surface area contributed by atoms with Gasteiger partial charge in [-0.2, -0.15) is 5.26 Å².